The van der Waals surface area contributed by atoms with Crippen LogP contribution in [0, 0.1) is 22.5 Å². The second-order valence-corrected chi connectivity index (χ2v) is 4.49. The van der Waals surface area contributed by atoms with Gasteiger partial charge in [-0.05, 0) is 18.6 Å². The van der Waals surface area contributed by atoms with Crippen molar-refractivity contribution in [2.45, 2.75) is 25.8 Å². The van der Waals surface area contributed by atoms with Crippen LogP contribution in [-0.4, -0.2) is 11.0 Å². The molecule has 0 amide bonds. The van der Waals surface area contributed by atoms with E-state index in [2.05, 4.69) is 27.2 Å². The third-order valence-corrected chi connectivity index (χ3v) is 2.87. The highest BCUT2D eigenvalue weighted by Gasteiger charge is 2.16. The Bertz CT molecular complexity index is 454. The fourth-order valence-corrected chi connectivity index (χ4v) is 1.79. The first-order valence-electron chi connectivity index (χ1n) is 5.22. The molecule has 0 aliphatic carbocycles. The van der Waals surface area contributed by atoms with Crippen LogP contribution >= 0.6 is 15.9 Å². The highest BCUT2D eigenvalue weighted by Crippen LogP contribution is 2.29. The Balaban J connectivity index is 2.97. The maximum Gasteiger partial charge on any atom is 0.293 e. The van der Waals surface area contributed by atoms with Gasteiger partial charge in [0.2, 0.25) is 0 Å². The Kier molecular flexibility index (Phi) is 4.98. The highest BCUT2D eigenvalue weighted by molar-refractivity contribution is 9.10. The number of hydrogen-bond acceptors (Lipinski definition) is 3. The zero-order valence-electron chi connectivity index (χ0n) is 9.44. The normalized spacial score (nSPS) is 11.6. The first kappa shape index (κ1) is 13.5. The minimum Gasteiger partial charge on any atom is -0.376 e. The zero-order valence-corrected chi connectivity index (χ0v) is 11.0. The van der Waals surface area contributed by atoms with Crippen LogP contribution in [0.5, 0.6) is 0 Å². The molecule has 0 radical (unpaired) electrons. The van der Waals surface area contributed by atoms with Gasteiger partial charge in [-0.3, -0.25) is 10.1 Å². The van der Waals surface area contributed by atoms with Gasteiger partial charge in [0.05, 0.1) is 4.92 Å². The maximum absolute atomic E-state index is 10.9. The van der Waals surface area contributed by atoms with Crippen molar-refractivity contribution < 1.29 is 4.92 Å². The lowest BCUT2D eigenvalue weighted by atomic mass is 10.1. The molecule has 1 aromatic rings. The molecule has 0 heterocycles. The number of nitro groups is 1. The fraction of sp³-hybridized carbons (Fsp3) is 0.333. The van der Waals surface area contributed by atoms with E-state index in [9.17, 15) is 10.1 Å². The lowest BCUT2D eigenvalue weighted by molar-refractivity contribution is -0.384. The molecule has 4 nitrogen and oxygen atoms in total. The SMILES string of the molecule is C#CCC(CC)Nc1ccc(Br)cc1[N+](=O)[O-]. The summed E-state index contributed by atoms with van der Waals surface area (Å²) >= 11 is 3.21. The van der Waals surface area contributed by atoms with Gasteiger partial charge in [0.15, 0.2) is 0 Å². The molecule has 0 aliphatic rings. The van der Waals surface area contributed by atoms with Crippen LogP contribution < -0.4 is 5.32 Å². The highest BCUT2D eigenvalue weighted by atomic mass is 79.9. The summed E-state index contributed by atoms with van der Waals surface area (Å²) < 4.78 is 0.680. The number of anilines is 1. The van der Waals surface area contributed by atoms with Crippen molar-refractivity contribution >= 4 is 27.3 Å². The van der Waals surface area contributed by atoms with Crippen LogP contribution in [0.3, 0.4) is 0 Å². The van der Waals surface area contributed by atoms with Crippen molar-refractivity contribution in [3.63, 3.8) is 0 Å². The molecule has 0 aliphatic heterocycles. The average Bonchev–Trinajstić information content (AvgIpc) is 2.30. The summed E-state index contributed by atoms with van der Waals surface area (Å²) in [5.41, 5.74) is 0.551. The molecule has 0 bridgehead atoms. The van der Waals surface area contributed by atoms with Crippen LogP contribution in [0.15, 0.2) is 22.7 Å². The van der Waals surface area contributed by atoms with Gasteiger partial charge in [-0.2, -0.15) is 0 Å². The Morgan fingerprint density at radius 2 is 2.35 bits per heavy atom. The third kappa shape index (κ3) is 3.75. The van der Waals surface area contributed by atoms with Gasteiger partial charge in [0.25, 0.3) is 5.69 Å². The first-order valence-corrected chi connectivity index (χ1v) is 6.01. The number of nitro benzene ring substituents is 1. The first-order chi connectivity index (χ1) is 8.08. The number of terminal acetylenes is 1. The van der Waals surface area contributed by atoms with Gasteiger partial charge >= 0.3 is 0 Å². The molecular formula is C12H13BrN2O2. The number of nitrogens with one attached hydrogen (secondary N) is 1. The summed E-state index contributed by atoms with van der Waals surface area (Å²) in [6.45, 7) is 1.99. The topological polar surface area (TPSA) is 55.2 Å². The Morgan fingerprint density at radius 1 is 1.65 bits per heavy atom. The van der Waals surface area contributed by atoms with Gasteiger partial charge in [-0.1, -0.05) is 22.9 Å². The smallest absolute Gasteiger partial charge is 0.293 e. The van der Waals surface area contributed by atoms with Gasteiger partial charge in [-0.15, -0.1) is 12.3 Å². The number of nitrogens with zero attached hydrogens (tertiary/aromatic N) is 1. The van der Waals surface area contributed by atoms with Crippen LogP contribution in [0.2, 0.25) is 0 Å². The van der Waals surface area contributed by atoms with E-state index >= 15 is 0 Å². The van der Waals surface area contributed by atoms with Crippen molar-refractivity contribution in [1.29, 1.82) is 0 Å². The molecule has 1 atom stereocenters. The van der Waals surface area contributed by atoms with Crippen molar-refractivity contribution in [3.8, 4) is 12.3 Å². The van der Waals surface area contributed by atoms with E-state index in [4.69, 9.17) is 6.42 Å². The van der Waals surface area contributed by atoms with E-state index in [0.717, 1.165) is 6.42 Å². The summed E-state index contributed by atoms with van der Waals surface area (Å²) in [4.78, 5) is 10.5. The molecule has 1 aromatic carbocycles. The summed E-state index contributed by atoms with van der Waals surface area (Å²) in [7, 11) is 0. The summed E-state index contributed by atoms with van der Waals surface area (Å²) in [5.74, 6) is 2.56. The Labute approximate surface area is 109 Å². The maximum atomic E-state index is 10.9. The molecule has 0 fully saturated rings. The van der Waals surface area contributed by atoms with Gasteiger partial charge in [-0.25, -0.2) is 0 Å². The number of benzene rings is 1. The molecule has 1 unspecified atom stereocenters. The van der Waals surface area contributed by atoms with Gasteiger partial charge in [0.1, 0.15) is 5.69 Å². The molecular weight excluding hydrogens is 284 g/mol. The molecule has 0 spiro atoms. The molecule has 0 saturated carbocycles. The van der Waals surface area contributed by atoms with Crippen LogP contribution in [0.25, 0.3) is 0 Å². The minimum absolute atomic E-state index is 0.0508. The zero-order chi connectivity index (χ0) is 12.8. The summed E-state index contributed by atoms with van der Waals surface area (Å²) in [5, 5.41) is 14.0. The van der Waals surface area contributed by atoms with Gasteiger partial charge < -0.3 is 5.32 Å². The molecule has 0 aromatic heterocycles. The van der Waals surface area contributed by atoms with Crippen LogP contribution in [0.1, 0.15) is 19.8 Å². The van der Waals surface area contributed by atoms with Crippen molar-refractivity contribution in [1.82, 2.24) is 0 Å². The monoisotopic (exact) mass is 296 g/mol. The minimum atomic E-state index is -0.407. The van der Waals surface area contributed by atoms with E-state index in [1.807, 2.05) is 6.92 Å². The molecule has 90 valence electrons. The fourth-order valence-electron chi connectivity index (χ4n) is 1.44. The summed E-state index contributed by atoms with van der Waals surface area (Å²) in [6, 6.07) is 4.98. The number of halogens is 1. The van der Waals surface area contributed by atoms with Crippen molar-refractivity contribution in [3.05, 3.63) is 32.8 Å². The lowest BCUT2D eigenvalue weighted by Gasteiger charge is -2.15. The molecule has 1 N–H and O–H groups in total. The van der Waals surface area contributed by atoms with E-state index < -0.39 is 4.92 Å². The summed E-state index contributed by atoms with van der Waals surface area (Å²) in [6.07, 6.45) is 6.61. The Morgan fingerprint density at radius 3 is 2.88 bits per heavy atom. The molecule has 1 rings (SSSR count). The van der Waals surface area contributed by atoms with Crippen molar-refractivity contribution in [2.24, 2.45) is 0 Å². The molecule has 17 heavy (non-hydrogen) atoms. The standard InChI is InChI=1S/C12H13BrN2O2/c1-3-5-10(4-2)14-11-7-6-9(13)8-12(11)15(16)17/h1,6-8,10,14H,4-5H2,2H3. The quantitative estimate of drug-likeness (QED) is 0.513. The number of hydrogen-bond donors (Lipinski definition) is 1. The molecule has 5 heteroatoms. The molecule has 0 saturated heterocycles. The van der Waals surface area contributed by atoms with Crippen LogP contribution in [0.4, 0.5) is 11.4 Å². The third-order valence-electron chi connectivity index (χ3n) is 2.37. The lowest BCUT2D eigenvalue weighted by Crippen LogP contribution is -2.18. The largest absolute Gasteiger partial charge is 0.376 e. The Hall–Kier alpha value is -1.54. The number of rotatable bonds is 5. The second kappa shape index (κ2) is 6.26. The van der Waals surface area contributed by atoms with Gasteiger partial charge in [0, 0.05) is 23.0 Å². The van der Waals surface area contributed by atoms with E-state index in [1.165, 1.54) is 6.07 Å². The predicted molar refractivity (Wildman–Crippen MR) is 71.9 cm³/mol. The van der Waals surface area contributed by atoms with E-state index in [1.54, 1.807) is 12.1 Å². The average molecular weight is 297 g/mol. The van der Waals surface area contributed by atoms with E-state index in [0.29, 0.717) is 16.6 Å². The van der Waals surface area contributed by atoms with Crippen LogP contribution in [-0.2, 0) is 0 Å². The van der Waals surface area contributed by atoms with E-state index in [-0.39, 0.29) is 11.7 Å². The predicted octanol–water partition coefficient (Wildman–Crippen LogP) is 3.57. The second-order valence-electron chi connectivity index (χ2n) is 3.58. The van der Waals surface area contributed by atoms with Crippen molar-refractivity contribution in [2.75, 3.05) is 5.32 Å².